The van der Waals surface area contributed by atoms with Gasteiger partial charge in [0.25, 0.3) is 10.0 Å². The molecule has 0 aliphatic carbocycles. The van der Waals surface area contributed by atoms with E-state index in [9.17, 15) is 13.2 Å². The summed E-state index contributed by atoms with van der Waals surface area (Å²) in [4.78, 5) is 14.6. The number of fused-ring (bicyclic) bond motifs is 1. The Morgan fingerprint density at radius 1 is 1.17 bits per heavy atom. The fourth-order valence-electron chi connectivity index (χ4n) is 3.83. The number of amides is 1. The van der Waals surface area contributed by atoms with Gasteiger partial charge in [-0.2, -0.15) is 0 Å². The van der Waals surface area contributed by atoms with Crippen molar-refractivity contribution < 1.29 is 17.9 Å². The molecule has 1 amide bonds. The first-order chi connectivity index (χ1) is 14.1. The number of rotatable bonds is 6. The number of aryl methyl sites for hydroxylation is 3. The molecule has 30 heavy (non-hydrogen) atoms. The van der Waals surface area contributed by atoms with E-state index in [1.807, 2.05) is 40.7 Å². The predicted octanol–water partition coefficient (Wildman–Crippen LogP) is 4.44. The van der Waals surface area contributed by atoms with Gasteiger partial charge in [-0.05, 0) is 74.6 Å². The van der Waals surface area contributed by atoms with Gasteiger partial charge in [-0.3, -0.25) is 9.52 Å². The Labute approximate surface area is 179 Å². The Hall–Kier alpha value is -2.54. The minimum atomic E-state index is -3.78. The van der Waals surface area contributed by atoms with Crippen LogP contribution in [0.4, 0.5) is 11.4 Å². The average molecular weight is 431 g/mol. The van der Waals surface area contributed by atoms with Crippen LogP contribution in [0.3, 0.4) is 0 Å². The summed E-state index contributed by atoms with van der Waals surface area (Å²) in [5.41, 5.74) is 3.85. The highest BCUT2D eigenvalue weighted by Crippen LogP contribution is 2.33. The van der Waals surface area contributed by atoms with Gasteiger partial charge in [-0.25, -0.2) is 8.42 Å². The van der Waals surface area contributed by atoms with E-state index in [0.29, 0.717) is 24.6 Å². The number of nitrogens with one attached hydrogen (secondary N) is 1. The summed E-state index contributed by atoms with van der Waals surface area (Å²) >= 11 is 0. The van der Waals surface area contributed by atoms with Crippen LogP contribution < -0.4 is 14.4 Å². The molecule has 7 heteroatoms. The Morgan fingerprint density at radius 3 is 2.43 bits per heavy atom. The zero-order chi connectivity index (χ0) is 22.1. The Balaban J connectivity index is 1.93. The average Bonchev–Trinajstić information content (AvgIpc) is 2.69. The molecular formula is C23H30N2O4S. The quantitative estimate of drug-likeness (QED) is 0.735. The predicted molar refractivity (Wildman–Crippen MR) is 120 cm³/mol. The molecule has 0 spiro atoms. The molecule has 1 aliphatic heterocycles. The van der Waals surface area contributed by atoms with Gasteiger partial charge in [0.2, 0.25) is 5.91 Å². The van der Waals surface area contributed by atoms with E-state index in [0.717, 1.165) is 35.2 Å². The monoisotopic (exact) mass is 430 g/mol. The highest BCUT2D eigenvalue weighted by Gasteiger charge is 2.25. The van der Waals surface area contributed by atoms with Gasteiger partial charge in [0, 0.05) is 18.2 Å². The summed E-state index contributed by atoms with van der Waals surface area (Å²) in [6, 6.07) is 8.66. The van der Waals surface area contributed by atoms with Crippen molar-refractivity contribution in [3.8, 4) is 5.75 Å². The maximum atomic E-state index is 13.0. The third-order valence-corrected chi connectivity index (χ3v) is 6.61. The lowest BCUT2D eigenvalue weighted by atomic mass is 9.99. The lowest BCUT2D eigenvalue weighted by Crippen LogP contribution is -2.38. The molecule has 0 aromatic heterocycles. The first kappa shape index (κ1) is 22.2. The number of hydrogen-bond acceptors (Lipinski definition) is 4. The largest absolute Gasteiger partial charge is 0.493 e. The standard InChI is InChI=1S/C23H30N2O4S/c1-6-29-22-16(4)12-20(13-17(22)5)30(27,28)24-19-10-9-18-8-7-11-25(21(18)14-19)23(26)15(2)3/h9-10,12-15,24H,6-8,11H2,1-5H3. The van der Waals surface area contributed by atoms with Crippen molar-refractivity contribution in [1.82, 2.24) is 0 Å². The molecule has 1 aliphatic rings. The number of sulfonamides is 1. The molecule has 0 saturated carbocycles. The van der Waals surface area contributed by atoms with Gasteiger partial charge in [0.05, 0.1) is 17.2 Å². The molecule has 0 fully saturated rings. The lowest BCUT2D eigenvalue weighted by Gasteiger charge is -2.31. The molecule has 0 unspecified atom stereocenters. The van der Waals surface area contributed by atoms with Gasteiger partial charge >= 0.3 is 0 Å². The molecule has 2 aromatic carbocycles. The second kappa shape index (κ2) is 8.68. The molecule has 6 nitrogen and oxygen atoms in total. The van der Waals surface area contributed by atoms with Crippen molar-refractivity contribution in [3.05, 3.63) is 47.0 Å². The number of anilines is 2. The van der Waals surface area contributed by atoms with Crippen LogP contribution in [0.25, 0.3) is 0 Å². The van der Waals surface area contributed by atoms with E-state index in [-0.39, 0.29) is 16.7 Å². The third-order valence-electron chi connectivity index (χ3n) is 5.25. The van der Waals surface area contributed by atoms with E-state index in [2.05, 4.69) is 4.72 Å². The Kier molecular flexibility index (Phi) is 6.41. The van der Waals surface area contributed by atoms with Crippen molar-refractivity contribution in [2.75, 3.05) is 22.8 Å². The van der Waals surface area contributed by atoms with E-state index in [1.54, 1.807) is 29.2 Å². The second-order valence-corrected chi connectivity index (χ2v) is 9.70. The van der Waals surface area contributed by atoms with Crippen molar-refractivity contribution in [1.29, 1.82) is 0 Å². The SMILES string of the molecule is CCOc1c(C)cc(S(=O)(=O)Nc2ccc3c(c2)N(C(=O)C(C)C)CCC3)cc1C. The minimum Gasteiger partial charge on any atom is -0.493 e. The summed E-state index contributed by atoms with van der Waals surface area (Å²) in [5.74, 6) is 0.646. The minimum absolute atomic E-state index is 0.0497. The fraction of sp³-hybridized carbons (Fsp3) is 0.435. The third kappa shape index (κ3) is 4.46. The number of benzene rings is 2. The van der Waals surface area contributed by atoms with Gasteiger partial charge in [0.15, 0.2) is 0 Å². The molecule has 162 valence electrons. The fourth-order valence-corrected chi connectivity index (χ4v) is 5.05. The zero-order valence-electron chi connectivity index (χ0n) is 18.3. The maximum Gasteiger partial charge on any atom is 0.261 e. The van der Waals surface area contributed by atoms with Crippen LogP contribution in [0.15, 0.2) is 35.2 Å². The molecule has 0 atom stereocenters. The molecule has 0 radical (unpaired) electrons. The maximum absolute atomic E-state index is 13.0. The van der Waals surface area contributed by atoms with Crippen LogP contribution in [0, 0.1) is 19.8 Å². The zero-order valence-corrected chi connectivity index (χ0v) is 19.1. The van der Waals surface area contributed by atoms with Crippen molar-refractivity contribution >= 4 is 27.3 Å². The first-order valence-corrected chi connectivity index (χ1v) is 11.8. The van der Waals surface area contributed by atoms with Crippen LogP contribution in [-0.4, -0.2) is 27.5 Å². The topological polar surface area (TPSA) is 75.7 Å². The van der Waals surface area contributed by atoms with Gasteiger partial charge in [-0.1, -0.05) is 19.9 Å². The van der Waals surface area contributed by atoms with E-state index in [4.69, 9.17) is 4.74 Å². The number of carbonyl (C=O) groups is 1. The first-order valence-electron chi connectivity index (χ1n) is 10.3. The summed E-state index contributed by atoms with van der Waals surface area (Å²) < 4.78 is 34.4. The molecule has 0 saturated heterocycles. The molecular weight excluding hydrogens is 400 g/mol. The molecule has 1 N–H and O–H groups in total. The molecule has 2 aromatic rings. The van der Waals surface area contributed by atoms with Gasteiger partial charge < -0.3 is 9.64 Å². The lowest BCUT2D eigenvalue weighted by molar-refractivity contribution is -0.121. The number of carbonyl (C=O) groups excluding carboxylic acids is 1. The summed E-state index contributed by atoms with van der Waals surface area (Å²) in [5, 5.41) is 0. The van der Waals surface area contributed by atoms with Crippen LogP contribution >= 0.6 is 0 Å². The van der Waals surface area contributed by atoms with Gasteiger partial charge in [-0.15, -0.1) is 0 Å². The summed E-state index contributed by atoms with van der Waals surface area (Å²) in [7, 11) is -3.78. The summed E-state index contributed by atoms with van der Waals surface area (Å²) in [6.07, 6.45) is 1.78. The number of hydrogen-bond donors (Lipinski definition) is 1. The highest BCUT2D eigenvalue weighted by molar-refractivity contribution is 7.92. The number of nitrogens with zero attached hydrogens (tertiary/aromatic N) is 1. The smallest absolute Gasteiger partial charge is 0.261 e. The second-order valence-electron chi connectivity index (χ2n) is 8.02. The van der Waals surface area contributed by atoms with Crippen LogP contribution in [0.2, 0.25) is 0 Å². The van der Waals surface area contributed by atoms with Crippen molar-refractivity contribution in [2.24, 2.45) is 5.92 Å². The van der Waals surface area contributed by atoms with Crippen LogP contribution in [-0.2, 0) is 21.2 Å². The summed E-state index contributed by atoms with van der Waals surface area (Å²) in [6.45, 7) is 10.5. The van der Waals surface area contributed by atoms with Crippen LogP contribution in [0.1, 0.15) is 43.9 Å². The molecule has 0 bridgehead atoms. The Morgan fingerprint density at radius 2 is 1.83 bits per heavy atom. The molecule has 3 rings (SSSR count). The van der Waals surface area contributed by atoms with E-state index >= 15 is 0 Å². The molecule has 1 heterocycles. The van der Waals surface area contributed by atoms with Crippen molar-refractivity contribution in [3.63, 3.8) is 0 Å². The highest BCUT2D eigenvalue weighted by atomic mass is 32.2. The number of ether oxygens (including phenoxy) is 1. The van der Waals surface area contributed by atoms with Crippen molar-refractivity contribution in [2.45, 2.75) is 52.4 Å². The van der Waals surface area contributed by atoms with E-state index < -0.39 is 10.0 Å². The van der Waals surface area contributed by atoms with Crippen LogP contribution in [0.5, 0.6) is 5.75 Å². The van der Waals surface area contributed by atoms with Gasteiger partial charge in [0.1, 0.15) is 5.75 Å². The normalized spacial score (nSPS) is 13.9. The Bertz CT molecular complexity index is 1040. The van der Waals surface area contributed by atoms with E-state index in [1.165, 1.54) is 0 Å².